The summed E-state index contributed by atoms with van der Waals surface area (Å²) in [7, 11) is -4.84. The Kier molecular flexibility index (Phi) is 24.9. The summed E-state index contributed by atoms with van der Waals surface area (Å²) in [4.78, 5) is 23.6. The molecule has 0 aromatic carbocycles. The van der Waals surface area contributed by atoms with Crippen LogP contribution in [-0.4, -0.2) is 160 Å². The van der Waals surface area contributed by atoms with Crippen molar-refractivity contribution in [2.24, 2.45) is 0 Å². The number of aliphatic hydroxyl groups is 6. The van der Waals surface area contributed by atoms with E-state index in [4.69, 9.17) is 45.4 Å². The van der Waals surface area contributed by atoms with Gasteiger partial charge in [-0.15, -0.1) is 0 Å². The normalized spacial score (nSPS) is 11.9. The maximum absolute atomic E-state index is 10.2. The highest BCUT2D eigenvalue weighted by Crippen LogP contribution is 2.04. The molecule has 0 bridgehead atoms. The summed E-state index contributed by atoms with van der Waals surface area (Å²) in [5, 5.41) is 64.8. The van der Waals surface area contributed by atoms with E-state index in [-0.39, 0.29) is 39.6 Å². The van der Waals surface area contributed by atoms with Crippen LogP contribution in [-0.2, 0) is 19.7 Å². The minimum absolute atomic E-state index is 0.0694. The number of nitrogens with zero attached hydrogens (tertiary/aromatic N) is 2. The summed E-state index contributed by atoms with van der Waals surface area (Å²) in [6, 6.07) is 0. The van der Waals surface area contributed by atoms with Gasteiger partial charge < -0.3 is 40.9 Å². The van der Waals surface area contributed by atoms with Gasteiger partial charge in [0.25, 0.3) is 10.1 Å². The van der Waals surface area contributed by atoms with Crippen LogP contribution in [0.4, 0.5) is 0 Å². The molecule has 0 saturated heterocycles. The van der Waals surface area contributed by atoms with Gasteiger partial charge in [-0.05, 0) is 0 Å². The zero-order chi connectivity index (χ0) is 25.6. The van der Waals surface area contributed by atoms with Gasteiger partial charge >= 0.3 is 11.9 Å². The summed E-state index contributed by atoms with van der Waals surface area (Å²) in [5.74, 6) is -3.50. The van der Waals surface area contributed by atoms with Crippen molar-refractivity contribution in [3.63, 3.8) is 0 Å². The van der Waals surface area contributed by atoms with Crippen LogP contribution in [0.1, 0.15) is 6.42 Å². The van der Waals surface area contributed by atoms with Gasteiger partial charge in [0.2, 0.25) is 0 Å². The van der Waals surface area contributed by atoms with Crippen LogP contribution in [0.5, 0.6) is 0 Å². The zero-order valence-electron chi connectivity index (χ0n) is 17.7. The van der Waals surface area contributed by atoms with Crippen LogP contribution in [0.15, 0.2) is 0 Å². The van der Waals surface area contributed by atoms with Gasteiger partial charge in [0.15, 0.2) is 5.25 Å². The molecule has 0 aliphatic rings. The molecule has 32 heavy (non-hydrogen) atoms. The molecule has 1 atom stereocenters. The largest absolute Gasteiger partial charge is 0.481 e. The molecule has 0 spiro atoms. The number of hydrogen-bond acceptors (Lipinski definition) is 12. The molecule has 0 aromatic rings. The van der Waals surface area contributed by atoms with Gasteiger partial charge in [0.05, 0.1) is 46.1 Å². The van der Waals surface area contributed by atoms with Crippen LogP contribution >= 0.6 is 0 Å². The van der Waals surface area contributed by atoms with Crippen molar-refractivity contribution in [3.05, 3.63) is 0 Å². The SMILES string of the molecule is O=C(O)CC(C(=O)O)S(=O)(=O)O.OCCN(CCO)CCO.OCCN(CCO)CCO. The molecule has 9 N–H and O–H groups in total. The topological polar surface area (TPSA) is 257 Å². The molecule has 0 rings (SSSR count). The van der Waals surface area contributed by atoms with Crippen molar-refractivity contribution in [2.75, 3.05) is 78.9 Å². The Morgan fingerprint density at radius 1 is 0.625 bits per heavy atom. The molecule has 0 aliphatic carbocycles. The first-order chi connectivity index (χ1) is 14.9. The Morgan fingerprint density at radius 3 is 0.969 bits per heavy atom. The molecular weight excluding hydrogens is 460 g/mol. The van der Waals surface area contributed by atoms with Crippen molar-refractivity contribution >= 4 is 22.1 Å². The molecule has 0 heterocycles. The number of carboxylic acid groups (broad SMARTS) is 2. The Balaban J connectivity index is -0.000000397. The van der Waals surface area contributed by atoms with Gasteiger partial charge in [-0.1, -0.05) is 0 Å². The van der Waals surface area contributed by atoms with E-state index in [0.717, 1.165) is 0 Å². The zero-order valence-corrected chi connectivity index (χ0v) is 18.5. The van der Waals surface area contributed by atoms with E-state index in [9.17, 15) is 18.0 Å². The molecule has 1 unspecified atom stereocenters. The smallest absolute Gasteiger partial charge is 0.325 e. The minimum Gasteiger partial charge on any atom is -0.481 e. The lowest BCUT2D eigenvalue weighted by molar-refractivity contribution is -0.143. The minimum atomic E-state index is -4.84. The quantitative estimate of drug-likeness (QED) is 0.0910. The van der Waals surface area contributed by atoms with Crippen LogP contribution in [0, 0.1) is 0 Å². The van der Waals surface area contributed by atoms with Crippen molar-refractivity contribution in [2.45, 2.75) is 11.7 Å². The maximum atomic E-state index is 10.2. The van der Waals surface area contributed by atoms with Gasteiger partial charge in [-0.25, -0.2) is 0 Å². The van der Waals surface area contributed by atoms with E-state index in [0.29, 0.717) is 39.3 Å². The summed E-state index contributed by atoms with van der Waals surface area (Å²) >= 11 is 0. The van der Waals surface area contributed by atoms with Gasteiger partial charge in [0, 0.05) is 39.3 Å². The predicted molar refractivity (Wildman–Crippen MR) is 111 cm³/mol. The number of carbonyl (C=O) groups is 2. The van der Waals surface area contributed by atoms with Crippen LogP contribution in [0.3, 0.4) is 0 Å². The summed E-state index contributed by atoms with van der Waals surface area (Å²) < 4.78 is 28.7. The molecule has 0 radical (unpaired) electrons. The van der Waals surface area contributed by atoms with Crippen LogP contribution in [0.25, 0.3) is 0 Å². The first kappa shape index (κ1) is 35.1. The molecule has 15 nitrogen and oxygen atoms in total. The summed E-state index contributed by atoms with van der Waals surface area (Å²) in [6.07, 6.45) is -1.16. The van der Waals surface area contributed by atoms with Crippen molar-refractivity contribution < 1.29 is 63.4 Å². The van der Waals surface area contributed by atoms with Crippen LogP contribution < -0.4 is 0 Å². The average molecular weight is 497 g/mol. The predicted octanol–water partition coefficient (Wildman–Crippen LogP) is -4.67. The Morgan fingerprint density at radius 2 is 0.875 bits per heavy atom. The fourth-order valence-corrected chi connectivity index (χ4v) is 2.61. The fraction of sp³-hybridized carbons (Fsp3) is 0.875. The molecule has 0 aliphatic heterocycles. The molecule has 0 aromatic heterocycles. The highest BCUT2D eigenvalue weighted by molar-refractivity contribution is 7.87. The van der Waals surface area contributed by atoms with Gasteiger partial charge in [-0.3, -0.25) is 23.9 Å². The highest BCUT2D eigenvalue weighted by Gasteiger charge is 2.33. The third-order valence-corrected chi connectivity index (χ3v) is 4.58. The van der Waals surface area contributed by atoms with Gasteiger partial charge in [-0.2, -0.15) is 8.42 Å². The average Bonchev–Trinajstić information content (AvgIpc) is 2.67. The maximum Gasteiger partial charge on any atom is 0.325 e. The second-order valence-electron chi connectivity index (χ2n) is 5.96. The monoisotopic (exact) mass is 496 g/mol. The molecule has 194 valence electrons. The molecule has 0 fully saturated rings. The summed E-state index contributed by atoms with van der Waals surface area (Å²) in [6.45, 7) is 3.51. The highest BCUT2D eigenvalue weighted by atomic mass is 32.2. The fourth-order valence-electron chi connectivity index (χ4n) is 2.00. The van der Waals surface area contributed by atoms with E-state index in [1.165, 1.54) is 0 Å². The molecular formula is C16H36N2O13S. The van der Waals surface area contributed by atoms with Crippen molar-refractivity contribution in [1.82, 2.24) is 9.80 Å². The lowest BCUT2D eigenvalue weighted by atomic mass is 10.3. The first-order valence-electron chi connectivity index (χ1n) is 9.45. The molecule has 0 amide bonds. The Hall–Kier alpha value is -1.47. The van der Waals surface area contributed by atoms with E-state index in [1.807, 2.05) is 0 Å². The third kappa shape index (κ3) is 23.2. The second-order valence-corrected chi connectivity index (χ2v) is 7.56. The molecule has 0 saturated carbocycles. The first-order valence-corrected chi connectivity index (χ1v) is 11.0. The van der Waals surface area contributed by atoms with Crippen LogP contribution in [0.2, 0.25) is 0 Å². The van der Waals surface area contributed by atoms with Crippen molar-refractivity contribution in [1.29, 1.82) is 0 Å². The number of rotatable bonds is 16. The Labute approximate surface area is 186 Å². The molecule has 16 heteroatoms. The summed E-state index contributed by atoms with van der Waals surface area (Å²) in [5.41, 5.74) is 0. The van der Waals surface area contributed by atoms with Gasteiger partial charge in [0.1, 0.15) is 0 Å². The lowest BCUT2D eigenvalue weighted by Crippen LogP contribution is -2.32. The number of carboxylic acids is 2. The van der Waals surface area contributed by atoms with E-state index in [2.05, 4.69) is 0 Å². The second kappa shape index (κ2) is 22.7. The number of aliphatic hydroxyl groups excluding tert-OH is 6. The van der Waals surface area contributed by atoms with E-state index >= 15 is 0 Å². The van der Waals surface area contributed by atoms with E-state index in [1.54, 1.807) is 9.80 Å². The third-order valence-electron chi connectivity index (χ3n) is 3.49. The van der Waals surface area contributed by atoms with E-state index < -0.39 is 33.7 Å². The lowest BCUT2D eigenvalue weighted by Gasteiger charge is -2.17. The number of aliphatic carboxylic acids is 2. The Bertz CT molecular complexity index is 516. The standard InChI is InChI=1S/2C6H15NO3.C4H6O7S/c2*8-4-1-7(2-5-9)3-6-10;5-3(6)1-2(4(7)8)12(9,10)11/h2*8-10H,1-6H2;2H,1H2,(H,5,6)(H,7,8)(H,9,10,11). The van der Waals surface area contributed by atoms with Crippen molar-refractivity contribution in [3.8, 4) is 0 Å². The number of hydrogen-bond donors (Lipinski definition) is 9.